The Balaban J connectivity index is 1.82. The van der Waals surface area contributed by atoms with Crippen molar-refractivity contribution < 1.29 is 9.30 Å². The Morgan fingerprint density at radius 1 is 0.935 bits per heavy atom. The van der Waals surface area contributed by atoms with Crippen LogP contribution in [-0.2, 0) is 4.57 Å². The molecule has 0 aliphatic carbocycles. The third-order valence-corrected chi connectivity index (χ3v) is 8.67. The Morgan fingerprint density at radius 2 is 1.55 bits per heavy atom. The van der Waals surface area contributed by atoms with Crippen LogP contribution in [-0.4, -0.2) is 6.16 Å². The van der Waals surface area contributed by atoms with Gasteiger partial charge in [-0.15, -0.1) is 0 Å². The van der Waals surface area contributed by atoms with E-state index in [1.807, 2.05) is 49.4 Å². The monoisotopic (exact) mass is 475 g/mol. The normalized spacial score (nSPS) is 14.6. The average Bonchev–Trinajstić information content (AvgIpc) is 2.69. The Bertz CT molecular complexity index is 1060. The molecule has 0 heterocycles. The lowest BCUT2D eigenvalue weighted by molar-refractivity contribution is 0.457. The van der Waals surface area contributed by atoms with E-state index in [-0.39, 0.29) is 11.5 Å². The maximum atomic E-state index is 14.1. The highest BCUT2D eigenvalue weighted by molar-refractivity contribution is 7.69. The molecule has 1 N–H and O–H groups in total. The molecule has 3 aromatic carbocycles. The summed E-state index contributed by atoms with van der Waals surface area (Å²) in [5, 5.41) is 5.45. The van der Waals surface area contributed by atoms with Gasteiger partial charge in [-0.2, -0.15) is 0 Å². The van der Waals surface area contributed by atoms with Crippen molar-refractivity contribution in [2.75, 3.05) is 6.16 Å². The highest BCUT2D eigenvalue weighted by Gasteiger charge is 2.32. The minimum absolute atomic E-state index is 0.0990. The molecule has 0 saturated carbocycles. The van der Waals surface area contributed by atoms with Crippen LogP contribution in [0.2, 0.25) is 10.0 Å². The summed E-state index contributed by atoms with van der Waals surface area (Å²) in [5.41, 5.74) is 0.771. The van der Waals surface area contributed by atoms with Gasteiger partial charge < -0.3 is 9.30 Å². The molecule has 0 spiro atoms. The minimum Gasteiger partial charge on any atom is -0.457 e. The molecule has 2 unspecified atom stereocenters. The van der Waals surface area contributed by atoms with Crippen molar-refractivity contribution >= 4 is 35.8 Å². The van der Waals surface area contributed by atoms with Gasteiger partial charge in [0.15, 0.2) is 7.29 Å². The summed E-state index contributed by atoms with van der Waals surface area (Å²) in [5.74, 6) is 1.31. The van der Waals surface area contributed by atoms with Gasteiger partial charge in [0.05, 0.1) is 0 Å². The molecule has 3 nitrogen and oxygen atoms in total. The smallest absolute Gasteiger partial charge is 0.177 e. The Hall–Kier alpha value is -1.77. The van der Waals surface area contributed by atoms with Crippen LogP contribution in [0.1, 0.15) is 39.3 Å². The summed E-state index contributed by atoms with van der Waals surface area (Å²) in [6.45, 7) is 8.29. The molecule has 0 saturated heterocycles. The van der Waals surface area contributed by atoms with Crippen molar-refractivity contribution in [2.24, 2.45) is 5.41 Å². The van der Waals surface area contributed by atoms with Crippen LogP contribution in [0.4, 0.5) is 0 Å². The van der Waals surface area contributed by atoms with E-state index in [0.29, 0.717) is 27.7 Å². The van der Waals surface area contributed by atoms with Crippen LogP contribution in [0.25, 0.3) is 0 Å². The molecule has 0 aliphatic rings. The molecule has 3 rings (SSSR count). The van der Waals surface area contributed by atoms with Crippen molar-refractivity contribution in [3.05, 3.63) is 88.4 Å². The lowest BCUT2D eigenvalue weighted by Crippen LogP contribution is -2.29. The fourth-order valence-corrected chi connectivity index (χ4v) is 7.13. The molecule has 0 fully saturated rings. The lowest BCUT2D eigenvalue weighted by Gasteiger charge is -2.30. The van der Waals surface area contributed by atoms with E-state index in [2.05, 4.69) is 25.9 Å². The zero-order valence-corrected chi connectivity index (χ0v) is 20.6. The summed E-state index contributed by atoms with van der Waals surface area (Å²) in [4.78, 5) is 0. The molecule has 0 bridgehead atoms. The van der Waals surface area contributed by atoms with Crippen LogP contribution in [0.15, 0.2) is 72.8 Å². The molecule has 6 heteroatoms. The molecule has 2 atom stereocenters. The Morgan fingerprint density at radius 3 is 2.13 bits per heavy atom. The largest absolute Gasteiger partial charge is 0.457 e. The fourth-order valence-electron chi connectivity index (χ4n) is 3.49. The van der Waals surface area contributed by atoms with Crippen LogP contribution in [0, 0.1) is 5.41 Å². The van der Waals surface area contributed by atoms with Crippen LogP contribution in [0.5, 0.6) is 11.5 Å². The molecular weight excluding hydrogens is 448 g/mol. The molecular formula is C25H28Cl2NO2P. The van der Waals surface area contributed by atoms with E-state index >= 15 is 0 Å². The number of benzene rings is 3. The predicted octanol–water partition coefficient (Wildman–Crippen LogP) is 8.09. The molecule has 0 radical (unpaired) electrons. The van der Waals surface area contributed by atoms with Crippen LogP contribution in [0.3, 0.4) is 0 Å². The average molecular weight is 476 g/mol. The number of nitrogens with one attached hydrogen (secondary N) is 1. The standard InChI is InChI=1S/C25H28Cl2NO2P/c1-18(28-31(29,17-25(2,3)4)22-8-6-5-7-9-22)23-15-14-21(16-24(23)27)30-20-12-10-19(26)11-13-20/h5-16,18H,17H2,1-4H3,(H,28,29). The second-order valence-corrected chi connectivity index (χ2v) is 12.3. The van der Waals surface area contributed by atoms with E-state index in [1.165, 1.54) is 0 Å². The van der Waals surface area contributed by atoms with E-state index in [4.69, 9.17) is 27.9 Å². The van der Waals surface area contributed by atoms with Crippen molar-refractivity contribution in [1.29, 1.82) is 0 Å². The zero-order valence-electron chi connectivity index (χ0n) is 18.2. The zero-order chi connectivity index (χ0) is 22.6. The number of ether oxygens (including phenoxy) is 1. The van der Waals surface area contributed by atoms with Gasteiger partial charge in [-0.25, -0.2) is 0 Å². The topological polar surface area (TPSA) is 38.3 Å². The van der Waals surface area contributed by atoms with Crippen LogP contribution < -0.4 is 15.1 Å². The van der Waals surface area contributed by atoms with Crippen molar-refractivity contribution in [2.45, 2.75) is 33.7 Å². The molecule has 164 valence electrons. The number of hydrogen-bond acceptors (Lipinski definition) is 2. The first-order valence-electron chi connectivity index (χ1n) is 10.2. The van der Waals surface area contributed by atoms with E-state index < -0.39 is 7.29 Å². The van der Waals surface area contributed by atoms with E-state index in [0.717, 1.165) is 10.9 Å². The second kappa shape index (κ2) is 9.79. The molecule has 3 aromatic rings. The summed E-state index contributed by atoms with van der Waals surface area (Å²) in [7, 11) is -2.86. The quantitative estimate of drug-likeness (QED) is 0.350. The van der Waals surface area contributed by atoms with E-state index in [1.54, 1.807) is 30.3 Å². The first-order chi connectivity index (χ1) is 14.6. The SMILES string of the molecule is CC(NP(=O)(CC(C)(C)C)c1ccccc1)c1ccc(Oc2ccc(Cl)cc2)cc1Cl. The van der Waals surface area contributed by atoms with Crippen molar-refractivity contribution in [3.63, 3.8) is 0 Å². The molecule has 31 heavy (non-hydrogen) atoms. The van der Waals surface area contributed by atoms with Gasteiger partial charge in [-0.3, -0.25) is 5.09 Å². The molecule has 0 aliphatic heterocycles. The Labute approximate surface area is 195 Å². The summed E-state index contributed by atoms with van der Waals surface area (Å²) in [6.07, 6.45) is 0.545. The van der Waals surface area contributed by atoms with Gasteiger partial charge in [-0.1, -0.05) is 80.4 Å². The van der Waals surface area contributed by atoms with Gasteiger partial charge in [-0.05, 0) is 54.3 Å². The first-order valence-corrected chi connectivity index (χ1v) is 12.9. The highest BCUT2D eigenvalue weighted by Crippen LogP contribution is 2.48. The summed E-state index contributed by atoms with van der Waals surface area (Å²) < 4.78 is 19.9. The fraction of sp³-hybridized carbons (Fsp3) is 0.280. The number of hydrogen-bond donors (Lipinski definition) is 1. The lowest BCUT2D eigenvalue weighted by atomic mass is 10.0. The third-order valence-electron chi connectivity index (χ3n) is 4.76. The first kappa shape index (κ1) is 23.9. The van der Waals surface area contributed by atoms with Crippen molar-refractivity contribution in [3.8, 4) is 11.5 Å². The molecule has 0 aromatic heterocycles. The van der Waals surface area contributed by atoms with Crippen LogP contribution >= 0.6 is 30.5 Å². The maximum absolute atomic E-state index is 14.1. The number of rotatable bonds is 7. The second-order valence-electron chi connectivity index (χ2n) is 8.88. The van der Waals surface area contributed by atoms with Crippen molar-refractivity contribution in [1.82, 2.24) is 5.09 Å². The third kappa shape index (κ3) is 6.60. The highest BCUT2D eigenvalue weighted by atomic mass is 35.5. The van der Waals surface area contributed by atoms with Gasteiger partial charge in [0.1, 0.15) is 11.5 Å². The Kier molecular flexibility index (Phi) is 7.55. The summed E-state index contributed by atoms with van der Waals surface area (Å²) >= 11 is 12.5. The predicted molar refractivity (Wildman–Crippen MR) is 133 cm³/mol. The summed E-state index contributed by atoms with van der Waals surface area (Å²) in [6, 6.07) is 22.1. The molecule has 0 amide bonds. The van der Waals surface area contributed by atoms with Gasteiger partial charge in [0.25, 0.3) is 0 Å². The maximum Gasteiger partial charge on any atom is 0.177 e. The van der Waals surface area contributed by atoms with Gasteiger partial charge >= 0.3 is 0 Å². The van der Waals surface area contributed by atoms with E-state index in [9.17, 15) is 4.57 Å². The van der Waals surface area contributed by atoms with Gasteiger partial charge in [0.2, 0.25) is 0 Å². The minimum atomic E-state index is -2.86. The van der Waals surface area contributed by atoms with Gasteiger partial charge in [0, 0.05) is 27.6 Å². The number of halogens is 2.